The summed E-state index contributed by atoms with van der Waals surface area (Å²) in [4.78, 5) is 10.5. The molecule has 1 aromatic carbocycles. The van der Waals surface area contributed by atoms with Gasteiger partial charge in [-0.25, -0.2) is 0 Å². The molecule has 0 heterocycles. The molecule has 2 atom stereocenters. The van der Waals surface area contributed by atoms with Crippen molar-refractivity contribution in [2.75, 3.05) is 14.2 Å². The summed E-state index contributed by atoms with van der Waals surface area (Å²) in [6.07, 6.45) is 1.82. The molecule has 0 fully saturated rings. The van der Waals surface area contributed by atoms with Crippen LogP contribution >= 0.6 is 0 Å². The van der Waals surface area contributed by atoms with E-state index in [0.717, 1.165) is 18.4 Å². The summed E-state index contributed by atoms with van der Waals surface area (Å²) in [7, 11) is 3.47. The Hall–Kier alpha value is -1.62. The van der Waals surface area contributed by atoms with Crippen molar-refractivity contribution in [1.29, 1.82) is 0 Å². The lowest BCUT2D eigenvalue weighted by atomic mass is 9.92. The van der Waals surface area contributed by atoms with Gasteiger partial charge in [0.15, 0.2) is 0 Å². The van der Waals surface area contributed by atoms with Crippen LogP contribution in [0.1, 0.15) is 25.8 Å². The van der Waals surface area contributed by atoms with E-state index >= 15 is 0 Å². The van der Waals surface area contributed by atoms with Crippen molar-refractivity contribution in [3.63, 3.8) is 0 Å². The maximum atomic E-state index is 10.9. The lowest BCUT2D eigenvalue weighted by Gasteiger charge is -2.22. The first-order valence-electron chi connectivity index (χ1n) is 6.51. The van der Waals surface area contributed by atoms with Crippen LogP contribution in [0, 0.1) is 16.0 Å². The zero-order valence-electron chi connectivity index (χ0n) is 12.0. The van der Waals surface area contributed by atoms with Gasteiger partial charge in [0, 0.05) is 12.1 Å². The molecule has 106 valence electrons. The topological polar surface area (TPSA) is 64.4 Å². The second-order valence-corrected chi connectivity index (χ2v) is 4.78. The molecule has 0 saturated carbocycles. The van der Waals surface area contributed by atoms with E-state index in [1.54, 1.807) is 6.07 Å². The maximum absolute atomic E-state index is 10.9. The molecular formula is C14H22N2O3. The first-order chi connectivity index (χ1) is 9.01. The molecule has 19 heavy (non-hydrogen) atoms. The van der Waals surface area contributed by atoms with Crippen molar-refractivity contribution >= 4 is 5.69 Å². The van der Waals surface area contributed by atoms with E-state index in [2.05, 4.69) is 19.2 Å². The third-order valence-electron chi connectivity index (χ3n) is 3.45. The predicted octanol–water partition coefficient (Wildman–Crippen LogP) is 2.78. The maximum Gasteiger partial charge on any atom is 0.273 e. The van der Waals surface area contributed by atoms with Gasteiger partial charge in [0.2, 0.25) is 0 Å². The van der Waals surface area contributed by atoms with E-state index in [-0.39, 0.29) is 10.6 Å². The number of rotatable bonds is 7. The Labute approximate surface area is 114 Å². The quantitative estimate of drug-likeness (QED) is 0.609. The molecule has 5 nitrogen and oxygen atoms in total. The Morgan fingerprint density at radius 3 is 2.58 bits per heavy atom. The zero-order valence-corrected chi connectivity index (χ0v) is 12.0. The molecule has 2 unspecified atom stereocenters. The monoisotopic (exact) mass is 266 g/mol. The van der Waals surface area contributed by atoms with Gasteiger partial charge in [-0.15, -0.1) is 0 Å². The summed E-state index contributed by atoms with van der Waals surface area (Å²) < 4.78 is 5.12. The van der Waals surface area contributed by atoms with Crippen LogP contribution < -0.4 is 10.1 Å². The van der Waals surface area contributed by atoms with Crippen molar-refractivity contribution in [2.45, 2.75) is 32.7 Å². The summed E-state index contributed by atoms with van der Waals surface area (Å²) in [5.74, 6) is 0.940. The minimum absolute atomic E-state index is 0.0825. The van der Waals surface area contributed by atoms with Crippen LogP contribution in [0.2, 0.25) is 0 Å². The fraction of sp³-hybridized carbons (Fsp3) is 0.571. The van der Waals surface area contributed by atoms with Crippen molar-refractivity contribution in [3.8, 4) is 5.75 Å². The largest absolute Gasteiger partial charge is 0.496 e. The standard InChI is InChI=1S/C14H22N2O3/c1-5-14(15-3)10(2)6-11-7-12(16(17)18)9-13(8-11)19-4/h7-10,14-15H,5-6H2,1-4H3. The van der Waals surface area contributed by atoms with Crippen molar-refractivity contribution in [1.82, 2.24) is 5.32 Å². The van der Waals surface area contributed by atoms with Crippen LogP contribution in [-0.4, -0.2) is 25.1 Å². The molecule has 0 radical (unpaired) electrons. The summed E-state index contributed by atoms with van der Waals surface area (Å²) in [6.45, 7) is 4.28. The number of nitrogens with one attached hydrogen (secondary N) is 1. The minimum Gasteiger partial charge on any atom is -0.496 e. The normalized spacial score (nSPS) is 13.9. The number of nitrogens with zero attached hydrogens (tertiary/aromatic N) is 1. The molecule has 0 aliphatic rings. The lowest BCUT2D eigenvalue weighted by molar-refractivity contribution is -0.385. The Morgan fingerprint density at radius 1 is 1.42 bits per heavy atom. The van der Waals surface area contributed by atoms with Crippen LogP contribution in [0.15, 0.2) is 18.2 Å². The van der Waals surface area contributed by atoms with Gasteiger partial charge >= 0.3 is 0 Å². The van der Waals surface area contributed by atoms with Gasteiger partial charge in [-0.1, -0.05) is 13.8 Å². The Kier molecular flexibility index (Phi) is 5.76. The summed E-state index contributed by atoms with van der Waals surface area (Å²) in [5, 5.41) is 14.2. The molecule has 1 aromatic rings. The fourth-order valence-corrected chi connectivity index (χ4v) is 2.39. The first-order valence-corrected chi connectivity index (χ1v) is 6.51. The average molecular weight is 266 g/mol. The number of non-ortho nitro benzene ring substituents is 1. The molecule has 0 bridgehead atoms. The van der Waals surface area contributed by atoms with Crippen LogP contribution in [0.5, 0.6) is 5.75 Å². The molecule has 0 saturated heterocycles. The molecule has 0 spiro atoms. The predicted molar refractivity (Wildman–Crippen MR) is 75.7 cm³/mol. The lowest BCUT2D eigenvalue weighted by Crippen LogP contribution is -2.32. The molecule has 5 heteroatoms. The van der Waals surface area contributed by atoms with Crippen molar-refractivity contribution < 1.29 is 9.66 Å². The number of methoxy groups -OCH3 is 1. The van der Waals surface area contributed by atoms with Gasteiger partial charge in [0.05, 0.1) is 18.1 Å². The second-order valence-electron chi connectivity index (χ2n) is 4.78. The van der Waals surface area contributed by atoms with Gasteiger partial charge in [-0.3, -0.25) is 10.1 Å². The van der Waals surface area contributed by atoms with E-state index in [9.17, 15) is 10.1 Å². The van der Waals surface area contributed by atoms with E-state index in [0.29, 0.717) is 17.7 Å². The number of ether oxygens (including phenoxy) is 1. The third kappa shape index (κ3) is 4.21. The highest BCUT2D eigenvalue weighted by Crippen LogP contribution is 2.25. The van der Waals surface area contributed by atoms with Crippen LogP contribution in [0.3, 0.4) is 0 Å². The number of nitro benzene ring substituents is 1. The molecule has 1 rings (SSSR count). The van der Waals surface area contributed by atoms with Gasteiger partial charge < -0.3 is 10.1 Å². The van der Waals surface area contributed by atoms with Crippen molar-refractivity contribution in [2.24, 2.45) is 5.92 Å². The van der Waals surface area contributed by atoms with Gasteiger partial charge in [0.25, 0.3) is 5.69 Å². The second kappa shape index (κ2) is 7.09. The van der Waals surface area contributed by atoms with E-state index in [4.69, 9.17) is 4.74 Å². The zero-order chi connectivity index (χ0) is 14.4. The summed E-state index contributed by atoms with van der Waals surface area (Å²) in [6, 6.07) is 5.35. The van der Waals surface area contributed by atoms with Crippen molar-refractivity contribution in [3.05, 3.63) is 33.9 Å². The summed E-state index contributed by atoms with van der Waals surface area (Å²) in [5.41, 5.74) is 1.02. The molecule has 0 amide bonds. The number of hydrogen-bond donors (Lipinski definition) is 1. The van der Waals surface area contributed by atoms with Gasteiger partial charge in [-0.05, 0) is 37.4 Å². The fourth-order valence-electron chi connectivity index (χ4n) is 2.39. The van der Waals surface area contributed by atoms with Crippen LogP contribution in [-0.2, 0) is 6.42 Å². The number of hydrogen-bond acceptors (Lipinski definition) is 4. The molecule has 0 aliphatic heterocycles. The van der Waals surface area contributed by atoms with E-state index in [1.807, 2.05) is 13.1 Å². The van der Waals surface area contributed by atoms with E-state index in [1.165, 1.54) is 13.2 Å². The highest BCUT2D eigenvalue weighted by molar-refractivity contribution is 5.43. The van der Waals surface area contributed by atoms with Crippen LogP contribution in [0.25, 0.3) is 0 Å². The first kappa shape index (κ1) is 15.4. The Balaban J connectivity index is 2.93. The highest BCUT2D eigenvalue weighted by Gasteiger charge is 2.16. The Morgan fingerprint density at radius 2 is 2.11 bits per heavy atom. The summed E-state index contributed by atoms with van der Waals surface area (Å²) >= 11 is 0. The minimum atomic E-state index is -0.383. The Bertz CT molecular complexity index is 431. The van der Waals surface area contributed by atoms with Crippen LogP contribution in [0.4, 0.5) is 5.69 Å². The smallest absolute Gasteiger partial charge is 0.273 e. The molecule has 1 N–H and O–H groups in total. The molecule has 0 aliphatic carbocycles. The van der Waals surface area contributed by atoms with Gasteiger partial charge in [0.1, 0.15) is 5.75 Å². The molecular weight excluding hydrogens is 244 g/mol. The third-order valence-corrected chi connectivity index (χ3v) is 3.45. The highest BCUT2D eigenvalue weighted by atomic mass is 16.6. The average Bonchev–Trinajstić information content (AvgIpc) is 2.39. The number of nitro groups is 1. The van der Waals surface area contributed by atoms with E-state index < -0.39 is 0 Å². The SMILES string of the molecule is CCC(NC)C(C)Cc1cc(OC)cc([N+](=O)[O-])c1. The molecule has 0 aromatic heterocycles. The number of benzene rings is 1. The van der Waals surface area contributed by atoms with Gasteiger partial charge in [-0.2, -0.15) is 0 Å².